The van der Waals surface area contributed by atoms with Crippen molar-refractivity contribution in [1.29, 1.82) is 0 Å². The van der Waals surface area contributed by atoms with Crippen LogP contribution in [-0.4, -0.2) is 22.5 Å². The molecule has 0 bridgehead atoms. The van der Waals surface area contributed by atoms with Crippen molar-refractivity contribution >= 4 is 28.6 Å². The SMILES string of the molecule is O=C(NCCc1ccc(CO)cc1)c1csc(-c2cccs2)n1. The summed E-state index contributed by atoms with van der Waals surface area (Å²) in [7, 11) is 0. The number of aromatic nitrogens is 1. The summed E-state index contributed by atoms with van der Waals surface area (Å²) in [5.74, 6) is -0.143. The van der Waals surface area contributed by atoms with Gasteiger partial charge in [-0.2, -0.15) is 0 Å². The van der Waals surface area contributed by atoms with Gasteiger partial charge in [0, 0.05) is 11.9 Å². The quantitative estimate of drug-likeness (QED) is 0.721. The maximum absolute atomic E-state index is 12.1. The standard InChI is InChI=1S/C17H16N2O2S2/c20-10-13-5-3-12(4-6-13)7-8-18-16(21)14-11-23-17(19-14)15-2-1-9-22-15/h1-6,9,11,20H,7-8,10H2,(H,18,21). The second kappa shape index (κ2) is 7.50. The van der Waals surface area contributed by atoms with Crippen LogP contribution in [0.25, 0.3) is 9.88 Å². The van der Waals surface area contributed by atoms with Gasteiger partial charge in [0.2, 0.25) is 0 Å². The van der Waals surface area contributed by atoms with Gasteiger partial charge in [0.05, 0.1) is 11.5 Å². The van der Waals surface area contributed by atoms with Crippen molar-refractivity contribution in [3.05, 3.63) is 64.0 Å². The zero-order valence-corrected chi connectivity index (χ0v) is 14.0. The van der Waals surface area contributed by atoms with Crippen LogP contribution in [0.3, 0.4) is 0 Å². The minimum Gasteiger partial charge on any atom is -0.392 e. The van der Waals surface area contributed by atoms with Gasteiger partial charge in [-0.3, -0.25) is 4.79 Å². The van der Waals surface area contributed by atoms with Gasteiger partial charge in [-0.15, -0.1) is 22.7 Å². The van der Waals surface area contributed by atoms with Gasteiger partial charge in [-0.05, 0) is 29.0 Å². The summed E-state index contributed by atoms with van der Waals surface area (Å²) in [5, 5.41) is 16.6. The lowest BCUT2D eigenvalue weighted by Crippen LogP contribution is -2.25. The minimum atomic E-state index is -0.143. The number of carbonyl (C=O) groups excluding carboxylic acids is 1. The molecule has 2 heterocycles. The normalized spacial score (nSPS) is 10.7. The molecule has 2 aromatic heterocycles. The molecule has 0 saturated carbocycles. The lowest BCUT2D eigenvalue weighted by molar-refractivity contribution is 0.0950. The molecule has 6 heteroatoms. The highest BCUT2D eigenvalue weighted by Gasteiger charge is 2.11. The molecular formula is C17H16N2O2S2. The Morgan fingerprint density at radius 2 is 1.91 bits per heavy atom. The average Bonchev–Trinajstić information content (AvgIpc) is 3.26. The van der Waals surface area contributed by atoms with Crippen molar-refractivity contribution in [3.63, 3.8) is 0 Å². The third-order valence-corrected chi connectivity index (χ3v) is 5.25. The maximum atomic E-state index is 12.1. The first kappa shape index (κ1) is 15.9. The zero-order valence-electron chi connectivity index (χ0n) is 12.4. The Kier molecular flexibility index (Phi) is 5.17. The summed E-state index contributed by atoms with van der Waals surface area (Å²) in [6.07, 6.45) is 0.749. The fourth-order valence-corrected chi connectivity index (χ4v) is 3.73. The molecule has 0 aliphatic rings. The Hall–Kier alpha value is -2.02. The van der Waals surface area contributed by atoms with Crippen molar-refractivity contribution < 1.29 is 9.90 Å². The van der Waals surface area contributed by atoms with Crippen LogP contribution < -0.4 is 5.32 Å². The fourth-order valence-electron chi connectivity index (χ4n) is 2.11. The highest BCUT2D eigenvalue weighted by molar-refractivity contribution is 7.20. The van der Waals surface area contributed by atoms with E-state index in [9.17, 15) is 4.79 Å². The Labute approximate surface area is 142 Å². The van der Waals surface area contributed by atoms with E-state index in [1.54, 1.807) is 16.7 Å². The third-order valence-electron chi connectivity index (χ3n) is 3.37. The van der Waals surface area contributed by atoms with E-state index >= 15 is 0 Å². The molecule has 3 rings (SSSR count). The Balaban J connectivity index is 1.53. The van der Waals surface area contributed by atoms with E-state index in [1.807, 2.05) is 41.8 Å². The summed E-state index contributed by atoms with van der Waals surface area (Å²) in [5.41, 5.74) is 2.48. The van der Waals surface area contributed by atoms with Gasteiger partial charge in [0.15, 0.2) is 0 Å². The van der Waals surface area contributed by atoms with E-state index in [0.717, 1.165) is 27.4 Å². The number of amides is 1. The number of aliphatic hydroxyl groups excluding tert-OH is 1. The van der Waals surface area contributed by atoms with E-state index < -0.39 is 0 Å². The number of hydrogen-bond acceptors (Lipinski definition) is 5. The van der Waals surface area contributed by atoms with Crippen molar-refractivity contribution in [1.82, 2.24) is 10.3 Å². The Morgan fingerprint density at radius 3 is 2.61 bits per heavy atom. The molecule has 0 aliphatic carbocycles. The van der Waals surface area contributed by atoms with Gasteiger partial charge in [-0.1, -0.05) is 30.3 Å². The molecule has 4 nitrogen and oxygen atoms in total. The summed E-state index contributed by atoms with van der Waals surface area (Å²) < 4.78 is 0. The topological polar surface area (TPSA) is 62.2 Å². The van der Waals surface area contributed by atoms with Gasteiger partial charge in [-0.25, -0.2) is 4.98 Å². The van der Waals surface area contributed by atoms with Crippen molar-refractivity contribution in [2.45, 2.75) is 13.0 Å². The van der Waals surface area contributed by atoms with Crippen molar-refractivity contribution in [2.24, 2.45) is 0 Å². The molecule has 0 unspecified atom stereocenters. The number of hydrogen-bond donors (Lipinski definition) is 2. The first-order chi connectivity index (χ1) is 11.3. The van der Waals surface area contributed by atoms with Gasteiger partial charge in [0.25, 0.3) is 5.91 Å². The van der Waals surface area contributed by atoms with E-state index in [-0.39, 0.29) is 12.5 Å². The minimum absolute atomic E-state index is 0.0490. The second-order valence-corrected chi connectivity index (χ2v) is 6.80. The number of nitrogens with one attached hydrogen (secondary N) is 1. The Morgan fingerprint density at radius 1 is 1.13 bits per heavy atom. The number of carbonyl (C=O) groups is 1. The number of aliphatic hydroxyl groups is 1. The molecule has 0 fully saturated rings. The molecule has 118 valence electrons. The van der Waals surface area contributed by atoms with Gasteiger partial charge < -0.3 is 10.4 Å². The molecule has 3 aromatic rings. The molecule has 23 heavy (non-hydrogen) atoms. The predicted molar refractivity (Wildman–Crippen MR) is 93.8 cm³/mol. The van der Waals surface area contributed by atoms with E-state index in [0.29, 0.717) is 12.2 Å². The second-order valence-electron chi connectivity index (χ2n) is 5.00. The van der Waals surface area contributed by atoms with Crippen LogP contribution >= 0.6 is 22.7 Å². The van der Waals surface area contributed by atoms with Gasteiger partial charge in [0.1, 0.15) is 10.7 Å². The van der Waals surface area contributed by atoms with E-state index in [1.165, 1.54) is 11.3 Å². The molecular weight excluding hydrogens is 328 g/mol. The number of thiophene rings is 1. The monoisotopic (exact) mass is 344 g/mol. The number of rotatable bonds is 6. The first-order valence-electron chi connectivity index (χ1n) is 7.22. The first-order valence-corrected chi connectivity index (χ1v) is 8.98. The summed E-state index contributed by atoms with van der Waals surface area (Å²) in [6, 6.07) is 11.7. The zero-order chi connectivity index (χ0) is 16.1. The summed E-state index contributed by atoms with van der Waals surface area (Å²) in [6.45, 7) is 0.608. The van der Waals surface area contributed by atoms with Crippen LogP contribution in [0.2, 0.25) is 0 Å². The molecule has 0 atom stereocenters. The van der Waals surface area contributed by atoms with Crippen LogP contribution in [0, 0.1) is 0 Å². The summed E-state index contributed by atoms with van der Waals surface area (Å²) in [4.78, 5) is 17.6. The highest BCUT2D eigenvalue weighted by atomic mass is 32.1. The number of nitrogens with zero attached hydrogens (tertiary/aromatic N) is 1. The maximum Gasteiger partial charge on any atom is 0.270 e. The molecule has 0 radical (unpaired) electrons. The molecule has 1 aromatic carbocycles. The molecule has 0 spiro atoms. The van der Waals surface area contributed by atoms with Crippen LogP contribution in [-0.2, 0) is 13.0 Å². The van der Waals surface area contributed by atoms with Crippen molar-refractivity contribution in [2.75, 3.05) is 6.54 Å². The summed E-state index contributed by atoms with van der Waals surface area (Å²) >= 11 is 3.10. The van der Waals surface area contributed by atoms with Crippen LogP contribution in [0.5, 0.6) is 0 Å². The highest BCUT2D eigenvalue weighted by Crippen LogP contribution is 2.27. The molecule has 0 aliphatic heterocycles. The molecule has 2 N–H and O–H groups in total. The predicted octanol–water partition coefficient (Wildman–Crippen LogP) is 3.34. The van der Waals surface area contributed by atoms with Gasteiger partial charge >= 0.3 is 0 Å². The smallest absolute Gasteiger partial charge is 0.270 e. The van der Waals surface area contributed by atoms with Crippen LogP contribution in [0.4, 0.5) is 0 Å². The van der Waals surface area contributed by atoms with E-state index in [2.05, 4.69) is 10.3 Å². The largest absolute Gasteiger partial charge is 0.392 e. The lowest BCUT2D eigenvalue weighted by atomic mass is 10.1. The van der Waals surface area contributed by atoms with E-state index in [4.69, 9.17) is 5.11 Å². The molecule has 1 amide bonds. The van der Waals surface area contributed by atoms with Crippen molar-refractivity contribution in [3.8, 4) is 9.88 Å². The Bertz CT molecular complexity index is 764. The third kappa shape index (κ3) is 4.04. The number of thiazole rings is 1. The fraction of sp³-hybridized carbons (Fsp3) is 0.176. The van der Waals surface area contributed by atoms with Crippen LogP contribution in [0.15, 0.2) is 47.2 Å². The van der Waals surface area contributed by atoms with Crippen LogP contribution in [0.1, 0.15) is 21.6 Å². The lowest BCUT2D eigenvalue weighted by Gasteiger charge is -2.04. The molecule has 0 saturated heterocycles. The number of benzene rings is 1. The average molecular weight is 344 g/mol.